The van der Waals surface area contributed by atoms with Gasteiger partial charge in [-0.05, 0) is 49.4 Å². The Labute approximate surface area is 153 Å². The fourth-order valence-corrected chi connectivity index (χ4v) is 3.81. The summed E-state index contributed by atoms with van der Waals surface area (Å²) < 4.78 is 5.88. The van der Waals surface area contributed by atoms with E-state index >= 15 is 0 Å². The van der Waals surface area contributed by atoms with E-state index in [1.807, 2.05) is 25.1 Å². The van der Waals surface area contributed by atoms with Crippen LogP contribution in [0, 0.1) is 6.92 Å². The maximum Gasteiger partial charge on any atom is 0.130 e. The molecule has 26 heavy (non-hydrogen) atoms. The van der Waals surface area contributed by atoms with Crippen LogP contribution in [0.2, 0.25) is 0 Å². The highest BCUT2D eigenvalue weighted by molar-refractivity contribution is 5.87. The molecule has 1 unspecified atom stereocenters. The largest absolute Gasteiger partial charge is 0.490 e. The molecule has 0 saturated heterocycles. The van der Waals surface area contributed by atoms with Crippen LogP contribution in [0.3, 0.4) is 0 Å². The summed E-state index contributed by atoms with van der Waals surface area (Å²) in [5, 5.41) is 22.1. The van der Waals surface area contributed by atoms with Gasteiger partial charge < -0.3 is 15.2 Å². The molecule has 1 aliphatic carbocycles. The van der Waals surface area contributed by atoms with Gasteiger partial charge in [0.1, 0.15) is 18.5 Å². The number of aromatic nitrogens is 2. The molecule has 0 radical (unpaired) electrons. The number of aryl methyl sites for hydroxylation is 2. The number of nitrogens with one attached hydrogen (secondary N) is 2. The Morgan fingerprint density at radius 1 is 1.27 bits per heavy atom. The van der Waals surface area contributed by atoms with E-state index < -0.39 is 6.10 Å². The van der Waals surface area contributed by atoms with Crippen LogP contribution in [0.15, 0.2) is 42.5 Å². The van der Waals surface area contributed by atoms with E-state index in [0.717, 1.165) is 35.2 Å². The first-order chi connectivity index (χ1) is 12.7. The molecule has 0 bridgehead atoms. The highest BCUT2D eigenvalue weighted by Gasteiger charge is 2.20. The Balaban J connectivity index is 1.35. The van der Waals surface area contributed by atoms with Crippen molar-refractivity contribution in [3.8, 4) is 5.75 Å². The molecular formula is C21H25N3O2. The lowest BCUT2D eigenvalue weighted by Crippen LogP contribution is -2.35. The second-order valence-electron chi connectivity index (χ2n) is 7.00. The van der Waals surface area contributed by atoms with Crippen LogP contribution in [0.1, 0.15) is 35.7 Å². The normalized spacial score (nSPS) is 17.8. The third-order valence-electron chi connectivity index (χ3n) is 5.13. The molecule has 3 aromatic rings. The van der Waals surface area contributed by atoms with Crippen molar-refractivity contribution in [2.24, 2.45) is 0 Å². The molecule has 0 fully saturated rings. The van der Waals surface area contributed by atoms with Crippen molar-refractivity contribution in [1.29, 1.82) is 0 Å². The molecule has 1 heterocycles. The number of aliphatic hydroxyl groups is 1. The molecule has 5 heteroatoms. The third-order valence-corrected chi connectivity index (χ3v) is 5.13. The zero-order valence-corrected chi connectivity index (χ0v) is 15.0. The first kappa shape index (κ1) is 17.1. The van der Waals surface area contributed by atoms with E-state index in [-0.39, 0.29) is 6.61 Å². The highest BCUT2D eigenvalue weighted by Crippen LogP contribution is 2.29. The van der Waals surface area contributed by atoms with E-state index in [9.17, 15) is 5.11 Å². The molecule has 4 rings (SSSR count). The molecule has 1 aliphatic rings. The van der Waals surface area contributed by atoms with Crippen molar-refractivity contribution in [1.82, 2.24) is 15.5 Å². The summed E-state index contributed by atoms with van der Waals surface area (Å²) in [5.74, 6) is 0.760. The summed E-state index contributed by atoms with van der Waals surface area (Å²) in [6, 6.07) is 14.7. The number of ether oxygens (including phenoxy) is 1. The molecule has 0 spiro atoms. The minimum atomic E-state index is -0.563. The maximum absolute atomic E-state index is 10.4. The van der Waals surface area contributed by atoms with Gasteiger partial charge in [-0.25, -0.2) is 0 Å². The van der Waals surface area contributed by atoms with Crippen LogP contribution in [0.5, 0.6) is 5.75 Å². The summed E-state index contributed by atoms with van der Waals surface area (Å²) in [4.78, 5) is 0. The Bertz CT molecular complexity index is 890. The standard InChI is InChI=1S/C21H25N3O2/c1-14-21-19(24-23-14)10-5-11-20(21)26-13-16(25)12-22-18-9-4-7-15-6-2-3-8-17(15)18/h2-3,5-6,8,10-11,16,18,22,25H,4,7,9,12-13H2,1H3,(H,23,24)/t16-,18?/m0/s1. The zero-order chi connectivity index (χ0) is 17.9. The van der Waals surface area contributed by atoms with Gasteiger partial charge >= 0.3 is 0 Å². The van der Waals surface area contributed by atoms with Crippen molar-refractivity contribution in [2.75, 3.05) is 13.2 Å². The Morgan fingerprint density at radius 3 is 3.08 bits per heavy atom. The minimum absolute atomic E-state index is 0.255. The fraction of sp³-hybridized carbons (Fsp3) is 0.381. The molecule has 2 atom stereocenters. The predicted molar refractivity (Wildman–Crippen MR) is 102 cm³/mol. The van der Waals surface area contributed by atoms with Crippen LogP contribution in [-0.2, 0) is 6.42 Å². The number of aliphatic hydroxyl groups excluding tert-OH is 1. The van der Waals surface area contributed by atoms with Crippen LogP contribution in [0.25, 0.3) is 10.9 Å². The summed E-state index contributed by atoms with van der Waals surface area (Å²) >= 11 is 0. The highest BCUT2D eigenvalue weighted by atomic mass is 16.5. The van der Waals surface area contributed by atoms with E-state index in [4.69, 9.17) is 4.74 Å². The summed E-state index contributed by atoms with van der Waals surface area (Å²) in [6.45, 7) is 2.72. The van der Waals surface area contributed by atoms with Gasteiger partial charge in [-0.3, -0.25) is 5.10 Å². The lowest BCUT2D eigenvalue weighted by atomic mass is 9.88. The van der Waals surface area contributed by atoms with Crippen molar-refractivity contribution in [3.63, 3.8) is 0 Å². The van der Waals surface area contributed by atoms with E-state index in [0.29, 0.717) is 12.6 Å². The van der Waals surface area contributed by atoms with Gasteiger partial charge in [0.15, 0.2) is 0 Å². The van der Waals surface area contributed by atoms with E-state index in [1.54, 1.807) is 0 Å². The average Bonchev–Trinajstić information content (AvgIpc) is 3.06. The van der Waals surface area contributed by atoms with Gasteiger partial charge in [0, 0.05) is 12.6 Å². The quantitative estimate of drug-likeness (QED) is 0.637. The van der Waals surface area contributed by atoms with E-state index in [1.165, 1.54) is 17.5 Å². The smallest absolute Gasteiger partial charge is 0.130 e. The average molecular weight is 351 g/mol. The predicted octanol–water partition coefficient (Wildman–Crippen LogP) is 3.28. The SMILES string of the molecule is Cc1n[nH]c2cccc(OC[C@@H](O)CNC3CCCc4ccccc43)c12. The fourth-order valence-electron chi connectivity index (χ4n) is 3.81. The number of aromatic amines is 1. The molecule has 0 saturated carbocycles. The van der Waals surface area contributed by atoms with E-state index in [2.05, 4.69) is 39.8 Å². The summed E-state index contributed by atoms with van der Waals surface area (Å²) in [6.07, 6.45) is 2.88. The van der Waals surface area contributed by atoms with Crippen molar-refractivity contribution < 1.29 is 9.84 Å². The topological polar surface area (TPSA) is 70.2 Å². The van der Waals surface area contributed by atoms with Crippen LogP contribution in [-0.4, -0.2) is 34.6 Å². The van der Waals surface area contributed by atoms with Gasteiger partial charge in [0.2, 0.25) is 0 Å². The van der Waals surface area contributed by atoms with Gasteiger partial charge in [0.05, 0.1) is 16.6 Å². The number of nitrogens with zero attached hydrogens (tertiary/aromatic N) is 1. The van der Waals surface area contributed by atoms with Gasteiger partial charge in [0.25, 0.3) is 0 Å². The second-order valence-corrected chi connectivity index (χ2v) is 7.00. The number of rotatable bonds is 6. The van der Waals surface area contributed by atoms with Gasteiger partial charge in [-0.15, -0.1) is 0 Å². The monoisotopic (exact) mass is 351 g/mol. The number of benzene rings is 2. The molecular weight excluding hydrogens is 326 g/mol. The lowest BCUT2D eigenvalue weighted by molar-refractivity contribution is 0.103. The Morgan fingerprint density at radius 2 is 2.15 bits per heavy atom. The molecule has 3 N–H and O–H groups in total. The molecule has 5 nitrogen and oxygen atoms in total. The summed E-state index contributed by atoms with van der Waals surface area (Å²) in [5.41, 5.74) is 4.64. The van der Waals surface area contributed by atoms with Gasteiger partial charge in [-0.1, -0.05) is 30.3 Å². The first-order valence-corrected chi connectivity index (χ1v) is 9.28. The Hall–Kier alpha value is -2.37. The van der Waals surface area contributed by atoms with Crippen molar-refractivity contribution in [2.45, 2.75) is 38.3 Å². The Kier molecular flexibility index (Phi) is 4.91. The van der Waals surface area contributed by atoms with Crippen LogP contribution >= 0.6 is 0 Å². The van der Waals surface area contributed by atoms with Crippen LogP contribution < -0.4 is 10.1 Å². The molecule has 2 aromatic carbocycles. The number of H-pyrrole nitrogens is 1. The number of fused-ring (bicyclic) bond motifs is 2. The molecule has 136 valence electrons. The first-order valence-electron chi connectivity index (χ1n) is 9.28. The van der Waals surface area contributed by atoms with Crippen molar-refractivity contribution >= 4 is 10.9 Å². The number of hydrogen-bond acceptors (Lipinski definition) is 4. The number of hydrogen-bond donors (Lipinski definition) is 3. The lowest BCUT2D eigenvalue weighted by Gasteiger charge is -2.27. The molecule has 0 amide bonds. The van der Waals surface area contributed by atoms with Crippen molar-refractivity contribution in [3.05, 3.63) is 59.3 Å². The second kappa shape index (κ2) is 7.48. The minimum Gasteiger partial charge on any atom is -0.490 e. The molecule has 0 aliphatic heterocycles. The summed E-state index contributed by atoms with van der Waals surface area (Å²) in [7, 11) is 0. The third kappa shape index (κ3) is 3.45. The van der Waals surface area contributed by atoms with Gasteiger partial charge in [-0.2, -0.15) is 5.10 Å². The zero-order valence-electron chi connectivity index (χ0n) is 15.0. The maximum atomic E-state index is 10.4. The molecule has 1 aromatic heterocycles. The van der Waals surface area contributed by atoms with Crippen LogP contribution in [0.4, 0.5) is 0 Å².